The van der Waals surface area contributed by atoms with Crippen molar-refractivity contribution in [3.8, 4) is 11.5 Å². The second-order valence-electron chi connectivity index (χ2n) is 3.81. The monoisotopic (exact) mass is 285 g/mol. The average Bonchev–Trinajstić information content (AvgIpc) is 2.38. The van der Waals surface area contributed by atoms with Crippen LogP contribution in [0.5, 0.6) is 11.5 Å². The van der Waals surface area contributed by atoms with Gasteiger partial charge in [-0.2, -0.15) is 13.2 Å². The molecule has 0 N–H and O–H groups in total. The molecule has 2 aromatic rings. The normalized spacial score (nSPS) is 11.2. The van der Waals surface area contributed by atoms with Crippen molar-refractivity contribution in [1.82, 2.24) is 4.98 Å². The Labute approximate surface area is 110 Å². The SMILES string of the molecule is O=Cc1ccc(Oc2cncc(C(F)(F)F)c2)cc1F. The number of carbonyl (C=O) groups excluding carboxylic acids is 1. The summed E-state index contributed by atoms with van der Waals surface area (Å²) in [5.74, 6) is -1.04. The number of aromatic nitrogens is 1. The molecule has 0 spiro atoms. The number of pyridine rings is 1. The summed E-state index contributed by atoms with van der Waals surface area (Å²) in [5.41, 5.74) is -1.14. The maximum absolute atomic E-state index is 13.3. The van der Waals surface area contributed by atoms with E-state index < -0.39 is 17.6 Å². The summed E-state index contributed by atoms with van der Waals surface area (Å²) in [7, 11) is 0. The molecule has 0 fully saturated rings. The lowest BCUT2D eigenvalue weighted by molar-refractivity contribution is -0.137. The molecule has 104 valence electrons. The molecule has 0 atom stereocenters. The third-order valence-electron chi connectivity index (χ3n) is 2.38. The first-order chi connectivity index (χ1) is 9.40. The quantitative estimate of drug-likeness (QED) is 0.635. The van der Waals surface area contributed by atoms with Gasteiger partial charge >= 0.3 is 6.18 Å². The number of aldehydes is 1. The van der Waals surface area contributed by atoms with Crippen molar-refractivity contribution in [2.24, 2.45) is 0 Å². The van der Waals surface area contributed by atoms with Gasteiger partial charge in [-0.3, -0.25) is 9.78 Å². The van der Waals surface area contributed by atoms with Crippen molar-refractivity contribution >= 4 is 6.29 Å². The number of alkyl halides is 3. The van der Waals surface area contributed by atoms with Crippen LogP contribution in [-0.4, -0.2) is 11.3 Å². The third kappa shape index (κ3) is 3.11. The van der Waals surface area contributed by atoms with Gasteiger partial charge in [0.1, 0.15) is 17.3 Å². The molecule has 1 aromatic carbocycles. The minimum atomic E-state index is -4.54. The highest BCUT2D eigenvalue weighted by Gasteiger charge is 2.31. The Bertz CT molecular complexity index is 641. The molecule has 0 aliphatic rings. The molecule has 20 heavy (non-hydrogen) atoms. The Morgan fingerprint density at radius 1 is 1.10 bits per heavy atom. The highest BCUT2D eigenvalue weighted by atomic mass is 19.4. The van der Waals surface area contributed by atoms with Gasteiger partial charge < -0.3 is 4.74 Å². The summed E-state index contributed by atoms with van der Waals surface area (Å²) in [6, 6.07) is 4.09. The molecule has 0 aliphatic carbocycles. The van der Waals surface area contributed by atoms with Crippen molar-refractivity contribution in [1.29, 1.82) is 0 Å². The zero-order valence-electron chi connectivity index (χ0n) is 9.82. The Morgan fingerprint density at radius 3 is 2.45 bits per heavy atom. The van der Waals surface area contributed by atoms with Gasteiger partial charge in [0.2, 0.25) is 0 Å². The van der Waals surface area contributed by atoms with Crippen LogP contribution in [-0.2, 0) is 6.18 Å². The molecule has 3 nitrogen and oxygen atoms in total. The molecule has 1 aromatic heterocycles. The van der Waals surface area contributed by atoms with Crippen LogP contribution in [0.15, 0.2) is 36.7 Å². The van der Waals surface area contributed by atoms with Crippen LogP contribution in [0.2, 0.25) is 0 Å². The van der Waals surface area contributed by atoms with Gasteiger partial charge in [0, 0.05) is 12.3 Å². The maximum Gasteiger partial charge on any atom is 0.418 e. The number of benzene rings is 1. The van der Waals surface area contributed by atoms with E-state index in [1.807, 2.05) is 0 Å². The molecule has 0 unspecified atom stereocenters. The number of rotatable bonds is 3. The number of hydrogen-bond acceptors (Lipinski definition) is 3. The zero-order valence-corrected chi connectivity index (χ0v) is 9.82. The Balaban J connectivity index is 2.26. The molecular weight excluding hydrogens is 278 g/mol. The molecule has 0 amide bonds. The largest absolute Gasteiger partial charge is 0.456 e. The Hall–Kier alpha value is -2.44. The van der Waals surface area contributed by atoms with Crippen LogP contribution >= 0.6 is 0 Å². The Morgan fingerprint density at radius 2 is 1.85 bits per heavy atom. The topological polar surface area (TPSA) is 39.2 Å². The van der Waals surface area contributed by atoms with Crippen LogP contribution < -0.4 is 4.74 Å². The number of carbonyl (C=O) groups is 1. The fourth-order valence-corrected chi connectivity index (χ4v) is 1.43. The maximum atomic E-state index is 13.3. The second kappa shape index (κ2) is 5.28. The van der Waals surface area contributed by atoms with Gasteiger partial charge in [0.15, 0.2) is 6.29 Å². The van der Waals surface area contributed by atoms with Gasteiger partial charge in [-0.1, -0.05) is 0 Å². The van der Waals surface area contributed by atoms with E-state index in [2.05, 4.69) is 4.98 Å². The summed E-state index contributed by atoms with van der Waals surface area (Å²) in [6.45, 7) is 0. The van der Waals surface area contributed by atoms with Crippen molar-refractivity contribution in [2.75, 3.05) is 0 Å². The molecule has 1 heterocycles. The van der Waals surface area contributed by atoms with Gasteiger partial charge in [-0.15, -0.1) is 0 Å². The fraction of sp³-hybridized carbons (Fsp3) is 0.0769. The van der Waals surface area contributed by atoms with E-state index in [9.17, 15) is 22.4 Å². The van der Waals surface area contributed by atoms with E-state index in [4.69, 9.17) is 4.74 Å². The fourth-order valence-electron chi connectivity index (χ4n) is 1.43. The van der Waals surface area contributed by atoms with E-state index in [0.717, 1.165) is 18.3 Å². The predicted molar refractivity (Wildman–Crippen MR) is 61.1 cm³/mol. The van der Waals surface area contributed by atoms with Gasteiger partial charge in [-0.25, -0.2) is 4.39 Å². The van der Waals surface area contributed by atoms with Crippen molar-refractivity contribution in [3.63, 3.8) is 0 Å². The highest BCUT2D eigenvalue weighted by molar-refractivity contribution is 5.75. The van der Waals surface area contributed by atoms with Crippen molar-refractivity contribution in [2.45, 2.75) is 6.18 Å². The van der Waals surface area contributed by atoms with Gasteiger partial charge in [0.25, 0.3) is 0 Å². The first-order valence-electron chi connectivity index (χ1n) is 5.35. The second-order valence-corrected chi connectivity index (χ2v) is 3.81. The summed E-state index contributed by atoms with van der Waals surface area (Å²) in [6.07, 6.45) is -2.49. The van der Waals surface area contributed by atoms with E-state index >= 15 is 0 Å². The molecule has 0 bridgehead atoms. The molecule has 7 heteroatoms. The van der Waals surface area contributed by atoms with E-state index in [-0.39, 0.29) is 17.1 Å². The molecular formula is C13H7F4NO2. The van der Waals surface area contributed by atoms with Crippen LogP contribution in [0.4, 0.5) is 17.6 Å². The van der Waals surface area contributed by atoms with Crippen molar-refractivity contribution in [3.05, 3.63) is 53.6 Å². The lowest BCUT2D eigenvalue weighted by atomic mass is 10.2. The number of halogens is 4. The molecule has 0 saturated carbocycles. The lowest BCUT2D eigenvalue weighted by Crippen LogP contribution is -2.05. The van der Waals surface area contributed by atoms with Crippen LogP contribution in [0.1, 0.15) is 15.9 Å². The smallest absolute Gasteiger partial charge is 0.418 e. The van der Waals surface area contributed by atoms with Crippen LogP contribution in [0.25, 0.3) is 0 Å². The first-order valence-corrected chi connectivity index (χ1v) is 5.35. The third-order valence-corrected chi connectivity index (χ3v) is 2.38. The molecule has 0 radical (unpaired) electrons. The minimum Gasteiger partial charge on any atom is -0.456 e. The van der Waals surface area contributed by atoms with E-state index in [1.54, 1.807) is 0 Å². The number of hydrogen-bond donors (Lipinski definition) is 0. The lowest BCUT2D eigenvalue weighted by Gasteiger charge is -2.09. The number of ether oxygens (including phenoxy) is 1. The minimum absolute atomic E-state index is 0.0331. The molecule has 2 rings (SSSR count). The highest BCUT2D eigenvalue weighted by Crippen LogP contribution is 2.32. The van der Waals surface area contributed by atoms with Crippen LogP contribution in [0, 0.1) is 5.82 Å². The van der Waals surface area contributed by atoms with Crippen LogP contribution in [0.3, 0.4) is 0 Å². The molecule has 0 saturated heterocycles. The van der Waals surface area contributed by atoms with Gasteiger partial charge in [-0.05, 0) is 18.2 Å². The van der Waals surface area contributed by atoms with E-state index in [0.29, 0.717) is 12.5 Å². The summed E-state index contributed by atoms with van der Waals surface area (Å²) in [5, 5.41) is 0. The predicted octanol–water partition coefficient (Wildman–Crippen LogP) is 3.84. The average molecular weight is 285 g/mol. The zero-order chi connectivity index (χ0) is 14.8. The summed E-state index contributed by atoms with van der Waals surface area (Å²) >= 11 is 0. The first kappa shape index (κ1) is 14.0. The van der Waals surface area contributed by atoms with E-state index in [1.165, 1.54) is 12.1 Å². The molecule has 0 aliphatic heterocycles. The Kier molecular flexibility index (Phi) is 3.69. The van der Waals surface area contributed by atoms with Crippen molar-refractivity contribution < 1.29 is 27.1 Å². The van der Waals surface area contributed by atoms with Gasteiger partial charge in [0.05, 0.1) is 17.3 Å². The standard InChI is InChI=1S/C13H7F4NO2/c14-12-4-10(2-1-8(12)7-19)20-11-3-9(5-18-6-11)13(15,16)17/h1-7H. The summed E-state index contributed by atoms with van der Waals surface area (Å²) in [4.78, 5) is 13.8. The summed E-state index contributed by atoms with van der Waals surface area (Å²) < 4.78 is 55.8. The number of nitrogens with zero attached hydrogens (tertiary/aromatic N) is 1.